The lowest BCUT2D eigenvalue weighted by atomic mass is 9.95. The highest BCUT2D eigenvalue weighted by Gasteiger charge is 2.26. The SMILES string of the molecule is O=C(Nc1cc(Br)ccc1Br)C1CCN(C(=O)/C=C/c2ccccc2)CC1. The average molecular weight is 492 g/mol. The van der Waals surface area contributed by atoms with Crippen molar-refractivity contribution in [2.24, 2.45) is 5.92 Å². The smallest absolute Gasteiger partial charge is 0.246 e. The average Bonchev–Trinajstić information content (AvgIpc) is 2.70. The van der Waals surface area contributed by atoms with Crippen molar-refractivity contribution in [2.75, 3.05) is 18.4 Å². The van der Waals surface area contributed by atoms with E-state index in [1.165, 1.54) is 0 Å². The molecule has 140 valence electrons. The van der Waals surface area contributed by atoms with Gasteiger partial charge in [-0.3, -0.25) is 9.59 Å². The van der Waals surface area contributed by atoms with Gasteiger partial charge in [-0.05, 0) is 58.6 Å². The third-order valence-electron chi connectivity index (χ3n) is 4.58. The Bertz CT molecular complexity index is 845. The van der Waals surface area contributed by atoms with Crippen molar-refractivity contribution in [3.05, 3.63) is 69.1 Å². The van der Waals surface area contributed by atoms with E-state index in [2.05, 4.69) is 37.2 Å². The van der Waals surface area contributed by atoms with E-state index < -0.39 is 0 Å². The topological polar surface area (TPSA) is 49.4 Å². The van der Waals surface area contributed by atoms with Crippen LogP contribution in [0.4, 0.5) is 5.69 Å². The number of nitrogens with one attached hydrogen (secondary N) is 1. The summed E-state index contributed by atoms with van der Waals surface area (Å²) < 4.78 is 1.75. The number of carbonyl (C=O) groups excluding carboxylic acids is 2. The third kappa shape index (κ3) is 5.53. The first-order valence-electron chi connectivity index (χ1n) is 8.81. The lowest BCUT2D eigenvalue weighted by Crippen LogP contribution is -2.40. The molecule has 27 heavy (non-hydrogen) atoms. The van der Waals surface area contributed by atoms with E-state index >= 15 is 0 Å². The zero-order chi connectivity index (χ0) is 19.2. The number of benzene rings is 2. The number of likely N-dealkylation sites (tertiary alicyclic amines) is 1. The molecule has 0 radical (unpaired) electrons. The van der Waals surface area contributed by atoms with E-state index in [4.69, 9.17) is 0 Å². The fourth-order valence-electron chi connectivity index (χ4n) is 3.03. The van der Waals surface area contributed by atoms with Crippen LogP contribution in [0.1, 0.15) is 18.4 Å². The van der Waals surface area contributed by atoms with Gasteiger partial charge in [0.2, 0.25) is 11.8 Å². The van der Waals surface area contributed by atoms with Crippen molar-refractivity contribution >= 4 is 55.4 Å². The van der Waals surface area contributed by atoms with Crippen LogP contribution in [0.2, 0.25) is 0 Å². The van der Waals surface area contributed by atoms with E-state index in [0.717, 1.165) is 20.2 Å². The van der Waals surface area contributed by atoms with Gasteiger partial charge >= 0.3 is 0 Å². The number of hydrogen-bond donors (Lipinski definition) is 1. The van der Waals surface area contributed by atoms with Gasteiger partial charge in [0, 0.05) is 34.0 Å². The summed E-state index contributed by atoms with van der Waals surface area (Å²) in [5.41, 5.74) is 1.75. The van der Waals surface area contributed by atoms with Crippen LogP contribution in [0.15, 0.2) is 63.6 Å². The number of nitrogens with zero attached hydrogens (tertiary/aromatic N) is 1. The second-order valence-electron chi connectivity index (χ2n) is 6.46. The van der Waals surface area contributed by atoms with E-state index in [1.54, 1.807) is 11.0 Å². The Morgan fingerprint density at radius 1 is 1.04 bits per heavy atom. The minimum Gasteiger partial charge on any atom is -0.339 e. The summed E-state index contributed by atoms with van der Waals surface area (Å²) in [6.07, 6.45) is 4.77. The minimum absolute atomic E-state index is 0.000673. The molecule has 1 heterocycles. The predicted octanol–water partition coefficient (Wildman–Crippen LogP) is 5.10. The lowest BCUT2D eigenvalue weighted by molar-refractivity contribution is -0.130. The predicted molar refractivity (Wildman–Crippen MR) is 115 cm³/mol. The van der Waals surface area contributed by atoms with Crippen molar-refractivity contribution in [2.45, 2.75) is 12.8 Å². The first-order valence-corrected chi connectivity index (χ1v) is 10.4. The Kier molecular flexibility index (Phi) is 6.85. The van der Waals surface area contributed by atoms with Crippen LogP contribution in [0.5, 0.6) is 0 Å². The number of hydrogen-bond acceptors (Lipinski definition) is 2. The number of anilines is 1. The highest BCUT2D eigenvalue weighted by atomic mass is 79.9. The van der Waals surface area contributed by atoms with Crippen LogP contribution in [0, 0.1) is 5.92 Å². The Morgan fingerprint density at radius 3 is 2.44 bits per heavy atom. The lowest BCUT2D eigenvalue weighted by Gasteiger charge is -2.30. The molecule has 0 atom stereocenters. The zero-order valence-corrected chi connectivity index (χ0v) is 17.9. The van der Waals surface area contributed by atoms with Crippen LogP contribution in [0.3, 0.4) is 0 Å². The molecule has 1 N–H and O–H groups in total. The molecule has 0 aromatic heterocycles. The van der Waals surface area contributed by atoms with E-state index in [-0.39, 0.29) is 17.7 Å². The van der Waals surface area contributed by atoms with Gasteiger partial charge in [0.15, 0.2) is 0 Å². The molecule has 6 heteroatoms. The highest BCUT2D eigenvalue weighted by Crippen LogP contribution is 2.28. The van der Waals surface area contributed by atoms with Crippen LogP contribution in [-0.4, -0.2) is 29.8 Å². The summed E-state index contributed by atoms with van der Waals surface area (Å²) in [6, 6.07) is 15.4. The van der Waals surface area contributed by atoms with Crippen LogP contribution >= 0.6 is 31.9 Å². The van der Waals surface area contributed by atoms with Crippen molar-refractivity contribution in [1.29, 1.82) is 0 Å². The molecule has 3 rings (SSSR count). The van der Waals surface area contributed by atoms with E-state index in [0.29, 0.717) is 25.9 Å². The molecule has 1 aliphatic rings. The standard InChI is InChI=1S/C21H20Br2N2O2/c22-17-7-8-18(23)19(14-17)24-21(27)16-10-12-25(13-11-16)20(26)9-6-15-4-2-1-3-5-15/h1-9,14,16H,10-13H2,(H,24,27)/b9-6+. The maximum atomic E-state index is 12.6. The Labute approximate surface area is 175 Å². The Hall–Kier alpha value is -1.92. The normalized spacial score (nSPS) is 15.1. The molecular weight excluding hydrogens is 472 g/mol. The maximum Gasteiger partial charge on any atom is 0.246 e. The quantitative estimate of drug-likeness (QED) is 0.604. The van der Waals surface area contributed by atoms with Crippen LogP contribution in [0.25, 0.3) is 6.08 Å². The second kappa shape index (κ2) is 9.33. The van der Waals surface area contributed by atoms with Crippen molar-refractivity contribution in [1.82, 2.24) is 4.90 Å². The van der Waals surface area contributed by atoms with Crippen LogP contribution in [-0.2, 0) is 9.59 Å². The van der Waals surface area contributed by atoms with E-state index in [9.17, 15) is 9.59 Å². The molecule has 2 aromatic carbocycles. The summed E-state index contributed by atoms with van der Waals surface area (Å²) >= 11 is 6.87. The minimum atomic E-state index is -0.0852. The Balaban J connectivity index is 1.52. The number of rotatable bonds is 4. The second-order valence-corrected chi connectivity index (χ2v) is 8.23. The van der Waals surface area contributed by atoms with Gasteiger partial charge in [-0.15, -0.1) is 0 Å². The van der Waals surface area contributed by atoms with Crippen molar-refractivity contribution in [3.8, 4) is 0 Å². The fraction of sp³-hybridized carbons (Fsp3) is 0.238. The number of amides is 2. The van der Waals surface area contributed by atoms with Crippen molar-refractivity contribution in [3.63, 3.8) is 0 Å². The van der Waals surface area contributed by atoms with Crippen molar-refractivity contribution < 1.29 is 9.59 Å². The summed E-state index contributed by atoms with van der Waals surface area (Å²) in [6.45, 7) is 1.19. The summed E-state index contributed by atoms with van der Waals surface area (Å²) in [5.74, 6) is -0.0915. The Morgan fingerprint density at radius 2 is 1.74 bits per heavy atom. The molecule has 0 spiro atoms. The molecule has 0 saturated carbocycles. The largest absolute Gasteiger partial charge is 0.339 e. The summed E-state index contributed by atoms with van der Waals surface area (Å²) in [5, 5.41) is 2.98. The first kappa shape index (κ1) is 19.8. The number of halogens is 2. The zero-order valence-electron chi connectivity index (χ0n) is 14.7. The van der Waals surface area contributed by atoms with Gasteiger partial charge < -0.3 is 10.2 Å². The monoisotopic (exact) mass is 490 g/mol. The molecule has 0 aliphatic carbocycles. The number of carbonyl (C=O) groups is 2. The fourth-order valence-corrected chi connectivity index (χ4v) is 3.73. The van der Waals surface area contributed by atoms with Gasteiger partial charge in [0.05, 0.1) is 5.69 Å². The van der Waals surface area contributed by atoms with Gasteiger partial charge in [0.1, 0.15) is 0 Å². The molecule has 2 aromatic rings. The molecule has 1 fully saturated rings. The summed E-state index contributed by atoms with van der Waals surface area (Å²) in [4.78, 5) is 26.7. The number of piperidine rings is 1. The highest BCUT2D eigenvalue weighted by molar-refractivity contribution is 9.11. The molecule has 0 bridgehead atoms. The van der Waals surface area contributed by atoms with Crippen LogP contribution < -0.4 is 5.32 Å². The third-order valence-corrected chi connectivity index (χ3v) is 5.77. The molecule has 0 unspecified atom stereocenters. The summed E-state index contributed by atoms with van der Waals surface area (Å²) in [7, 11) is 0. The molecule has 2 amide bonds. The van der Waals surface area contributed by atoms with Gasteiger partial charge in [0.25, 0.3) is 0 Å². The van der Waals surface area contributed by atoms with Gasteiger partial charge in [-0.2, -0.15) is 0 Å². The first-order chi connectivity index (χ1) is 13.0. The van der Waals surface area contributed by atoms with Gasteiger partial charge in [-0.1, -0.05) is 46.3 Å². The maximum absolute atomic E-state index is 12.6. The van der Waals surface area contributed by atoms with E-state index in [1.807, 2.05) is 54.6 Å². The molecular formula is C21H20Br2N2O2. The van der Waals surface area contributed by atoms with Gasteiger partial charge in [-0.25, -0.2) is 0 Å². The molecule has 4 nitrogen and oxygen atoms in total. The molecule has 1 saturated heterocycles. The molecule has 1 aliphatic heterocycles.